The first-order valence-electron chi connectivity index (χ1n) is 9.75. The first-order chi connectivity index (χ1) is 11.0. The van der Waals surface area contributed by atoms with Crippen molar-refractivity contribution in [2.45, 2.75) is 66.2 Å². The van der Waals surface area contributed by atoms with Gasteiger partial charge in [0.25, 0.3) is 0 Å². The molecule has 0 aromatic rings. The number of allylic oxidation sites excluding steroid dienone is 3. The summed E-state index contributed by atoms with van der Waals surface area (Å²) in [7, 11) is 0. The van der Waals surface area contributed by atoms with E-state index in [0.29, 0.717) is 11.3 Å². The molecule has 0 radical (unpaired) electrons. The van der Waals surface area contributed by atoms with Crippen LogP contribution in [0.5, 0.6) is 0 Å². The molecule has 0 spiro atoms. The lowest BCUT2D eigenvalue weighted by Crippen LogP contribution is -2.36. The van der Waals surface area contributed by atoms with E-state index < -0.39 is 0 Å². The van der Waals surface area contributed by atoms with Gasteiger partial charge in [-0.1, -0.05) is 46.6 Å². The molecule has 2 aliphatic rings. The van der Waals surface area contributed by atoms with Crippen molar-refractivity contribution < 1.29 is 4.74 Å². The summed E-state index contributed by atoms with van der Waals surface area (Å²) in [5.74, 6) is 2.59. The maximum atomic E-state index is 6.00. The second-order valence-electron chi connectivity index (χ2n) is 8.30. The number of rotatable bonds is 8. The summed E-state index contributed by atoms with van der Waals surface area (Å²) in [4.78, 5) is 2.55. The Labute approximate surface area is 144 Å². The van der Waals surface area contributed by atoms with Crippen molar-refractivity contribution in [3.63, 3.8) is 0 Å². The maximum absolute atomic E-state index is 6.00. The molecule has 1 fully saturated rings. The molecular formula is C21H37NO. The molecule has 1 heterocycles. The molecule has 2 atom stereocenters. The third-order valence-electron chi connectivity index (χ3n) is 5.66. The van der Waals surface area contributed by atoms with E-state index in [4.69, 9.17) is 4.74 Å². The van der Waals surface area contributed by atoms with Crippen molar-refractivity contribution in [3.05, 3.63) is 24.0 Å². The minimum absolute atomic E-state index is 0.401. The first kappa shape index (κ1) is 18.6. The Balaban J connectivity index is 1.69. The van der Waals surface area contributed by atoms with Crippen molar-refractivity contribution in [1.29, 1.82) is 0 Å². The van der Waals surface area contributed by atoms with Gasteiger partial charge in [-0.3, -0.25) is 4.90 Å². The zero-order valence-corrected chi connectivity index (χ0v) is 15.8. The van der Waals surface area contributed by atoms with E-state index in [1.54, 1.807) is 0 Å². The fourth-order valence-electron chi connectivity index (χ4n) is 3.89. The van der Waals surface area contributed by atoms with Crippen molar-refractivity contribution in [2.75, 3.05) is 26.2 Å². The van der Waals surface area contributed by atoms with E-state index in [-0.39, 0.29) is 0 Å². The molecule has 132 valence electrons. The van der Waals surface area contributed by atoms with E-state index >= 15 is 0 Å². The standard InChI is InChI=1S/C21H37NO/c1-5-6-13-21(3,4)19-9-11-20(12-10-19)23-16-15-22-14-7-8-18(2)17-22/h9,11-12,18-19H,5-8,10,13-17H2,1-4H3. The van der Waals surface area contributed by atoms with Gasteiger partial charge in [0.1, 0.15) is 12.4 Å². The smallest absolute Gasteiger partial charge is 0.115 e. The van der Waals surface area contributed by atoms with E-state index in [2.05, 4.69) is 50.8 Å². The SMILES string of the molecule is CCCCC(C)(C)C1C=CC(OCCN2CCCC(C)C2)=CC1. The van der Waals surface area contributed by atoms with Crippen molar-refractivity contribution in [2.24, 2.45) is 17.3 Å². The summed E-state index contributed by atoms with van der Waals surface area (Å²) < 4.78 is 6.00. The number of piperidine rings is 1. The number of hydrogen-bond donors (Lipinski definition) is 0. The highest BCUT2D eigenvalue weighted by molar-refractivity contribution is 5.19. The lowest BCUT2D eigenvalue weighted by atomic mass is 9.72. The van der Waals surface area contributed by atoms with Crippen molar-refractivity contribution >= 4 is 0 Å². The third-order valence-corrected chi connectivity index (χ3v) is 5.66. The highest BCUT2D eigenvalue weighted by Gasteiger charge is 2.27. The zero-order chi connectivity index (χ0) is 16.7. The van der Waals surface area contributed by atoms with Gasteiger partial charge in [0, 0.05) is 13.1 Å². The summed E-state index contributed by atoms with van der Waals surface area (Å²) >= 11 is 0. The number of ether oxygens (including phenoxy) is 1. The maximum Gasteiger partial charge on any atom is 0.115 e. The lowest BCUT2D eigenvalue weighted by Gasteiger charge is -2.34. The summed E-state index contributed by atoms with van der Waals surface area (Å²) in [5.41, 5.74) is 0.401. The highest BCUT2D eigenvalue weighted by atomic mass is 16.5. The van der Waals surface area contributed by atoms with Gasteiger partial charge in [0.2, 0.25) is 0 Å². The van der Waals surface area contributed by atoms with Crippen LogP contribution in [0.2, 0.25) is 0 Å². The van der Waals surface area contributed by atoms with E-state index in [1.165, 1.54) is 45.2 Å². The largest absolute Gasteiger partial charge is 0.493 e. The zero-order valence-electron chi connectivity index (χ0n) is 15.8. The summed E-state index contributed by atoms with van der Waals surface area (Å²) in [6.07, 6.45) is 14.7. The minimum Gasteiger partial charge on any atom is -0.493 e. The molecule has 2 unspecified atom stereocenters. The first-order valence-corrected chi connectivity index (χ1v) is 9.75. The molecule has 0 saturated carbocycles. The predicted octanol–water partition coefficient (Wildman–Crippen LogP) is 5.41. The molecule has 0 bridgehead atoms. The van der Waals surface area contributed by atoms with Gasteiger partial charge >= 0.3 is 0 Å². The lowest BCUT2D eigenvalue weighted by molar-refractivity contribution is 0.127. The van der Waals surface area contributed by atoms with E-state index in [9.17, 15) is 0 Å². The Kier molecular flexibility index (Phi) is 7.20. The second-order valence-corrected chi connectivity index (χ2v) is 8.30. The number of likely N-dealkylation sites (tertiary alicyclic amines) is 1. The molecule has 0 N–H and O–H groups in total. The van der Waals surface area contributed by atoms with Gasteiger partial charge in [-0.2, -0.15) is 0 Å². The molecule has 23 heavy (non-hydrogen) atoms. The van der Waals surface area contributed by atoms with Crippen molar-refractivity contribution in [3.8, 4) is 0 Å². The van der Waals surface area contributed by atoms with E-state index in [0.717, 1.165) is 31.2 Å². The van der Waals surface area contributed by atoms with Gasteiger partial charge in [0.05, 0.1) is 0 Å². The Morgan fingerprint density at radius 3 is 2.83 bits per heavy atom. The van der Waals surface area contributed by atoms with Crippen LogP contribution in [0.4, 0.5) is 0 Å². The molecular weight excluding hydrogens is 282 g/mol. The molecule has 2 nitrogen and oxygen atoms in total. The topological polar surface area (TPSA) is 12.5 Å². The number of unbranched alkanes of at least 4 members (excludes halogenated alkanes) is 1. The minimum atomic E-state index is 0.401. The summed E-state index contributed by atoms with van der Waals surface area (Å²) in [5, 5.41) is 0. The van der Waals surface area contributed by atoms with Crippen LogP contribution >= 0.6 is 0 Å². The van der Waals surface area contributed by atoms with Crippen LogP contribution < -0.4 is 0 Å². The molecule has 1 saturated heterocycles. The van der Waals surface area contributed by atoms with Crippen LogP contribution in [0.3, 0.4) is 0 Å². The van der Waals surface area contributed by atoms with Gasteiger partial charge in [0.15, 0.2) is 0 Å². The molecule has 1 aliphatic heterocycles. The highest BCUT2D eigenvalue weighted by Crippen LogP contribution is 2.38. The van der Waals surface area contributed by atoms with Crippen LogP contribution in [0, 0.1) is 17.3 Å². The van der Waals surface area contributed by atoms with Gasteiger partial charge in [-0.15, -0.1) is 0 Å². The molecule has 0 aromatic carbocycles. The number of nitrogens with zero attached hydrogens (tertiary/aromatic N) is 1. The van der Waals surface area contributed by atoms with Crippen molar-refractivity contribution in [1.82, 2.24) is 4.90 Å². The molecule has 0 amide bonds. The fraction of sp³-hybridized carbons (Fsp3) is 0.810. The third kappa shape index (κ3) is 5.99. The van der Waals surface area contributed by atoms with Gasteiger partial charge in [-0.25, -0.2) is 0 Å². The molecule has 2 heteroatoms. The Hall–Kier alpha value is -0.760. The van der Waals surface area contributed by atoms with E-state index in [1.807, 2.05) is 0 Å². The average molecular weight is 320 g/mol. The monoisotopic (exact) mass is 319 g/mol. The summed E-state index contributed by atoms with van der Waals surface area (Å²) in [6.45, 7) is 13.8. The van der Waals surface area contributed by atoms with Gasteiger partial charge in [-0.05, 0) is 61.6 Å². The van der Waals surface area contributed by atoms with Crippen LogP contribution in [0.1, 0.15) is 66.2 Å². The van der Waals surface area contributed by atoms with Gasteiger partial charge < -0.3 is 4.74 Å². The Morgan fingerprint density at radius 2 is 2.17 bits per heavy atom. The predicted molar refractivity (Wildman–Crippen MR) is 99.4 cm³/mol. The number of hydrogen-bond acceptors (Lipinski definition) is 2. The van der Waals surface area contributed by atoms with Crippen LogP contribution in [-0.2, 0) is 4.74 Å². The van der Waals surface area contributed by atoms with Crippen LogP contribution in [-0.4, -0.2) is 31.1 Å². The Bertz CT molecular complexity index is 410. The molecule has 1 aliphatic carbocycles. The van der Waals surface area contributed by atoms with Crippen LogP contribution in [0.15, 0.2) is 24.0 Å². The second kappa shape index (κ2) is 8.92. The quantitative estimate of drug-likeness (QED) is 0.593. The van der Waals surface area contributed by atoms with Crippen LogP contribution in [0.25, 0.3) is 0 Å². The molecule has 0 aromatic heterocycles. The summed E-state index contributed by atoms with van der Waals surface area (Å²) in [6, 6.07) is 0. The molecule has 2 rings (SSSR count). The fourth-order valence-corrected chi connectivity index (χ4v) is 3.89. The average Bonchev–Trinajstić information content (AvgIpc) is 2.54. The Morgan fingerprint density at radius 1 is 1.35 bits per heavy atom. The normalized spacial score (nSPS) is 26.2.